The molecular formula is C60H40. The van der Waals surface area contributed by atoms with Crippen molar-refractivity contribution in [1.82, 2.24) is 0 Å². The molecule has 0 fully saturated rings. The molecule has 0 bridgehead atoms. The van der Waals surface area contributed by atoms with Crippen molar-refractivity contribution in [2.75, 3.05) is 0 Å². The molecule has 60 heavy (non-hydrogen) atoms. The lowest BCUT2D eigenvalue weighted by atomic mass is 9.88. The van der Waals surface area contributed by atoms with E-state index in [2.05, 4.69) is 201 Å². The maximum atomic E-state index is 4.58. The summed E-state index contributed by atoms with van der Waals surface area (Å²) in [5.41, 5.74) is 7.13. The van der Waals surface area contributed by atoms with Gasteiger partial charge >= 0.3 is 0 Å². The zero-order chi connectivity index (χ0) is 39.9. The van der Waals surface area contributed by atoms with Gasteiger partial charge in [-0.15, -0.1) is 0 Å². The molecule has 1 aliphatic rings. The zero-order valence-corrected chi connectivity index (χ0v) is 33.3. The van der Waals surface area contributed by atoms with E-state index >= 15 is 0 Å². The van der Waals surface area contributed by atoms with Crippen molar-refractivity contribution in [3.63, 3.8) is 0 Å². The van der Waals surface area contributed by atoms with Crippen molar-refractivity contribution in [2.45, 2.75) is 12.8 Å². The Morgan fingerprint density at radius 3 is 1.15 bits per heavy atom. The Hall–Kier alpha value is -7.54. The highest BCUT2D eigenvalue weighted by atomic mass is 14.2. The van der Waals surface area contributed by atoms with Gasteiger partial charge in [-0.2, -0.15) is 0 Å². The molecule has 12 rings (SSSR count). The van der Waals surface area contributed by atoms with E-state index < -0.39 is 0 Å². The summed E-state index contributed by atoms with van der Waals surface area (Å²) in [5, 5.41) is 22.6. The van der Waals surface area contributed by atoms with Crippen molar-refractivity contribution in [1.29, 1.82) is 0 Å². The van der Waals surface area contributed by atoms with E-state index in [0.717, 1.165) is 23.3 Å². The maximum Gasteiger partial charge on any atom is -0.00928 e. The van der Waals surface area contributed by atoms with Gasteiger partial charge in [0, 0.05) is 0 Å². The minimum Gasteiger partial charge on any atom is -0.0990 e. The van der Waals surface area contributed by atoms with Crippen molar-refractivity contribution in [3.05, 3.63) is 203 Å². The van der Waals surface area contributed by atoms with E-state index in [0.29, 0.717) is 0 Å². The molecule has 11 aromatic carbocycles. The van der Waals surface area contributed by atoms with E-state index in [1.165, 1.54) is 119 Å². The first-order chi connectivity index (χ1) is 29.6. The van der Waals surface area contributed by atoms with E-state index in [4.69, 9.17) is 0 Å². The molecule has 0 radical (unpaired) electrons. The number of hydrogen-bond acceptors (Lipinski definition) is 0. The predicted molar refractivity (Wildman–Crippen MR) is 262 cm³/mol. The Morgan fingerprint density at radius 1 is 0.317 bits per heavy atom. The molecule has 0 aliphatic heterocycles. The highest BCUT2D eigenvalue weighted by Crippen LogP contribution is 2.40. The monoisotopic (exact) mass is 760 g/mol. The fourth-order valence-electron chi connectivity index (χ4n) is 10.3. The van der Waals surface area contributed by atoms with Crippen LogP contribution in [0.15, 0.2) is 183 Å². The van der Waals surface area contributed by atoms with Crippen LogP contribution < -0.4 is 20.9 Å². The average Bonchev–Trinajstić information content (AvgIpc) is 3.32. The first-order valence-electron chi connectivity index (χ1n) is 21.0. The summed E-state index contributed by atoms with van der Waals surface area (Å²) in [6.07, 6.45) is 11.0. The molecule has 280 valence electrons. The van der Waals surface area contributed by atoms with Crippen LogP contribution in [0.2, 0.25) is 0 Å². The molecule has 11 aromatic rings. The summed E-state index contributed by atoms with van der Waals surface area (Å²) in [6, 6.07) is 63.5. The van der Waals surface area contributed by atoms with Crippen LogP contribution in [0.25, 0.3) is 134 Å². The smallest absolute Gasteiger partial charge is 0.00928 e. The van der Waals surface area contributed by atoms with E-state index in [9.17, 15) is 0 Å². The summed E-state index contributed by atoms with van der Waals surface area (Å²) in [7, 11) is 0. The van der Waals surface area contributed by atoms with Gasteiger partial charge in [0.05, 0.1) is 0 Å². The SMILES string of the molecule is C=C/C=c1\c(=C)c2ccccc2c2ccc(-c3cc(-c4ccc5c6c(c7ccccc7c5c4)=CCCC=6)cc(-c4ccc5c6ccccc6c6ccccc6c5c4)c3)cc12. The molecule has 0 unspecified atom stereocenters. The lowest BCUT2D eigenvalue weighted by Crippen LogP contribution is -2.28. The predicted octanol–water partition coefficient (Wildman–Crippen LogP) is 13.5. The van der Waals surface area contributed by atoms with Gasteiger partial charge in [-0.05, 0) is 179 Å². The molecular weight excluding hydrogens is 721 g/mol. The van der Waals surface area contributed by atoms with Crippen LogP contribution in [0.1, 0.15) is 12.8 Å². The van der Waals surface area contributed by atoms with Gasteiger partial charge in [0.25, 0.3) is 0 Å². The number of fused-ring (bicyclic) bond motifs is 15. The summed E-state index contributed by atoms with van der Waals surface area (Å²) in [6.45, 7) is 8.67. The zero-order valence-electron chi connectivity index (χ0n) is 33.3. The van der Waals surface area contributed by atoms with Crippen molar-refractivity contribution in [2.24, 2.45) is 0 Å². The topological polar surface area (TPSA) is 0 Å². The standard InChI is InChI=1S/C60H40/c1-3-14-44-37(2)45-15-4-5-16-46(45)55-28-25-38(34-58(44)55)41-31-42(39-26-29-56-51-21-8-6-17-47(51)49-19-10-12-23-53(49)59(56)35-39)33-43(32-41)40-27-30-57-52-22-9-7-18-48(52)50-20-11-13-24-54(50)60(57)36-40/h3-6,8,10-36H,1-2,7,9H2/b44-14+. The molecule has 0 amide bonds. The molecule has 0 atom stereocenters. The molecule has 0 aromatic heterocycles. The lowest BCUT2D eigenvalue weighted by molar-refractivity contribution is 1.13. The van der Waals surface area contributed by atoms with Gasteiger partial charge in [-0.3, -0.25) is 0 Å². The number of allylic oxidation sites excluding steroid dienone is 1. The molecule has 0 spiro atoms. The van der Waals surface area contributed by atoms with E-state index in [-0.39, 0.29) is 0 Å². The Labute approximate surface area is 348 Å². The van der Waals surface area contributed by atoms with Crippen molar-refractivity contribution in [3.8, 4) is 33.4 Å². The third kappa shape index (κ3) is 5.24. The van der Waals surface area contributed by atoms with Gasteiger partial charge in [0.15, 0.2) is 0 Å². The molecule has 0 heteroatoms. The molecule has 0 saturated heterocycles. The third-order valence-corrected chi connectivity index (χ3v) is 13.1. The second-order valence-electron chi connectivity index (χ2n) is 16.4. The van der Waals surface area contributed by atoms with Crippen LogP contribution in [-0.4, -0.2) is 0 Å². The van der Waals surface area contributed by atoms with Crippen LogP contribution in [0.4, 0.5) is 0 Å². The van der Waals surface area contributed by atoms with Crippen molar-refractivity contribution >= 4 is 100 Å². The average molecular weight is 761 g/mol. The summed E-state index contributed by atoms with van der Waals surface area (Å²) >= 11 is 0. The molecule has 0 saturated carbocycles. The van der Waals surface area contributed by atoms with Gasteiger partial charge in [0.2, 0.25) is 0 Å². The lowest BCUT2D eigenvalue weighted by Gasteiger charge is -2.16. The van der Waals surface area contributed by atoms with E-state index in [1.807, 2.05) is 6.08 Å². The first kappa shape index (κ1) is 34.5. The quantitative estimate of drug-likeness (QED) is 0.157. The first-order valence-corrected chi connectivity index (χ1v) is 21.0. The Morgan fingerprint density at radius 2 is 0.650 bits per heavy atom. The fraction of sp³-hybridized carbons (Fsp3) is 0.0333. The van der Waals surface area contributed by atoms with Crippen LogP contribution in [0.5, 0.6) is 0 Å². The van der Waals surface area contributed by atoms with Crippen LogP contribution in [0.3, 0.4) is 0 Å². The Balaban J connectivity index is 1.14. The highest BCUT2D eigenvalue weighted by molar-refractivity contribution is 6.26. The van der Waals surface area contributed by atoms with Gasteiger partial charge in [0.1, 0.15) is 0 Å². The maximum absolute atomic E-state index is 4.58. The summed E-state index contributed by atoms with van der Waals surface area (Å²) in [5.74, 6) is 0. The normalized spacial score (nSPS) is 13.0. The second-order valence-corrected chi connectivity index (χ2v) is 16.4. The third-order valence-electron chi connectivity index (χ3n) is 13.1. The van der Waals surface area contributed by atoms with Crippen molar-refractivity contribution < 1.29 is 0 Å². The molecule has 1 aliphatic carbocycles. The largest absolute Gasteiger partial charge is 0.0990 e. The van der Waals surface area contributed by atoms with Crippen LogP contribution >= 0.6 is 0 Å². The van der Waals surface area contributed by atoms with Gasteiger partial charge < -0.3 is 0 Å². The van der Waals surface area contributed by atoms with E-state index in [1.54, 1.807) is 0 Å². The Bertz CT molecular complexity index is 3880. The number of hydrogen-bond donors (Lipinski definition) is 0. The Kier molecular flexibility index (Phi) is 7.77. The number of benzene rings is 11. The summed E-state index contributed by atoms with van der Waals surface area (Å²) < 4.78 is 0. The number of rotatable bonds is 4. The fourth-order valence-corrected chi connectivity index (χ4v) is 10.3. The van der Waals surface area contributed by atoms with Crippen LogP contribution in [-0.2, 0) is 0 Å². The van der Waals surface area contributed by atoms with Crippen LogP contribution in [0, 0.1) is 0 Å². The minimum absolute atomic E-state index is 1.03. The van der Waals surface area contributed by atoms with Gasteiger partial charge in [-0.1, -0.05) is 171 Å². The minimum atomic E-state index is 1.03. The highest BCUT2D eigenvalue weighted by Gasteiger charge is 2.15. The molecule has 0 N–H and O–H groups in total. The molecule has 0 nitrogen and oxygen atoms in total. The second kappa shape index (κ2) is 13.5. The summed E-state index contributed by atoms with van der Waals surface area (Å²) in [4.78, 5) is 0. The van der Waals surface area contributed by atoms with Gasteiger partial charge in [-0.25, -0.2) is 0 Å². The molecule has 0 heterocycles.